The Morgan fingerprint density at radius 1 is 1.25 bits per heavy atom. The molecule has 0 aliphatic heterocycles. The van der Waals surface area contributed by atoms with Crippen molar-refractivity contribution in [2.45, 2.75) is 25.7 Å². The summed E-state index contributed by atoms with van der Waals surface area (Å²) in [5.74, 6) is -2.23. The number of carboxylic acid groups (broad SMARTS) is 1. The number of aryl methyl sites for hydroxylation is 1. The van der Waals surface area contributed by atoms with E-state index in [0.717, 1.165) is 5.56 Å². The molecule has 1 atom stereocenters. The second kappa shape index (κ2) is 6.20. The van der Waals surface area contributed by atoms with Crippen molar-refractivity contribution >= 4 is 5.97 Å². The fourth-order valence-corrected chi connectivity index (χ4v) is 1.54. The molecular formula is C12H14F2O2. The predicted molar refractivity (Wildman–Crippen MR) is 56.5 cm³/mol. The monoisotopic (exact) mass is 228 g/mol. The summed E-state index contributed by atoms with van der Waals surface area (Å²) in [5.41, 5.74) is 0.957. The minimum Gasteiger partial charge on any atom is -0.481 e. The molecule has 4 heteroatoms. The standard InChI is InChI=1S/C12H14F2O2/c13-12(14)10(8-11(15)16)7-6-9-4-2-1-3-5-9/h1-5,10,12H,6-8H2,(H,15,16)/t10-/m1/s1. The van der Waals surface area contributed by atoms with Crippen molar-refractivity contribution in [1.29, 1.82) is 0 Å². The Morgan fingerprint density at radius 3 is 2.38 bits per heavy atom. The highest BCUT2D eigenvalue weighted by Crippen LogP contribution is 2.20. The highest BCUT2D eigenvalue weighted by molar-refractivity contribution is 5.67. The van der Waals surface area contributed by atoms with Gasteiger partial charge in [0.2, 0.25) is 6.43 Å². The Balaban J connectivity index is 2.47. The zero-order valence-corrected chi connectivity index (χ0v) is 8.77. The molecule has 0 fully saturated rings. The Morgan fingerprint density at radius 2 is 1.88 bits per heavy atom. The Hall–Kier alpha value is -1.45. The lowest BCUT2D eigenvalue weighted by atomic mass is 9.97. The predicted octanol–water partition coefficient (Wildman–Crippen LogP) is 2.98. The van der Waals surface area contributed by atoms with Gasteiger partial charge in [0.15, 0.2) is 0 Å². The van der Waals surface area contributed by atoms with Crippen LogP contribution in [0.5, 0.6) is 0 Å². The van der Waals surface area contributed by atoms with Crippen molar-refractivity contribution in [3.05, 3.63) is 35.9 Å². The van der Waals surface area contributed by atoms with Gasteiger partial charge in [0, 0.05) is 5.92 Å². The fourth-order valence-electron chi connectivity index (χ4n) is 1.54. The van der Waals surface area contributed by atoms with Crippen LogP contribution in [0.1, 0.15) is 18.4 Å². The number of halogens is 2. The van der Waals surface area contributed by atoms with Gasteiger partial charge in [-0.2, -0.15) is 0 Å². The molecule has 0 saturated carbocycles. The van der Waals surface area contributed by atoms with Crippen molar-refractivity contribution in [2.75, 3.05) is 0 Å². The summed E-state index contributed by atoms with van der Waals surface area (Å²) in [6.45, 7) is 0. The molecule has 0 saturated heterocycles. The molecule has 1 N–H and O–H groups in total. The zero-order valence-electron chi connectivity index (χ0n) is 8.77. The molecular weight excluding hydrogens is 214 g/mol. The van der Waals surface area contributed by atoms with E-state index in [1.807, 2.05) is 30.3 Å². The van der Waals surface area contributed by atoms with Gasteiger partial charge >= 0.3 is 5.97 Å². The molecule has 0 unspecified atom stereocenters. The number of hydrogen-bond acceptors (Lipinski definition) is 1. The summed E-state index contributed by atoms with van der Waals surface area (Å²) in [6.07, 6.45) is -2.35. The SMILES string of the molecule is O=C(O)C[C@@H](CCc1ccccc1)C(F)F. The second-order valence-corrected chi connectivity index (χ2v) is 3.72. The molecule has 0 aliphatic carbocycles. The molecule has 0 amide bonds. The summed E-state index contributed by atoms with van der Waals surface area (Å²) < 4.78 is 25.0. The average Bonchev–Trinajstić information content (AvgIpc) is 2.25. The fraction of sp³-hybridized carbons (Fsp3) is 0.417. The minimum atomic E-state index is -2.57. The summed E-state index contributed by atoms with van der Waals surface area (Å²) in [7, 11) is 0. The van der Waals surface area contributed by atoms with Crippen LogP contribution in [0.15, 0.2) is 30.3 Å². The number of carboxylic acids is 1. The molecule has 2 nitrogen and oxygen atoms in total. The van der Waals surface area contributed by atoms with E-state index in [-0.39, 0.29) is 6.42 Å². The lowest BCUT2D eigenvalue weighted by molar-refractivity contribution is -0.139. The molecule has 0 bridgehead atoms. The lowest BCUT2D eigenvalue weighted by Gasteiger charge is -2.13. The van der Waals surface area contributed by atoms with E-state index in [1.165, 1.54) is 0 Å². The number of hydrogen-bond donors (Lipinski definition) is 1. The van der Waals surface area contributed by atoms with Gasteiger partial charge in [0.1, 0.15) is 0 Å². The number of benzene rings is 1. The van der Waals surface area contributed by atoms with Crippen LogP contribution in [0.2, 0.25) is 0 Å². The van der Waals surface area contributed by atoms with Crippen LogP contribution < -0.4 is 0 Å². The molecule has 88 valence electrons. The van der Waals surface area contributed by atoms with Gasteiger partial charge in [0.05, 0.1) is 6.42 Å². The van der Waals surface area contributed by atoms with Gasteiger partial charge in [-0.15, -0.1) is 0 Å². The van der Waals surface area contributed by atoms with E-state index in [0.29, 0.717) is 6.42 Å². The summed E-state index contributed by atoms with van der Waals surface area (Å²) in [4.78, 5) is 10.4. The molecule has 1 rings (SSSR count). The third kappa shape index (κ3) is 4.38. The maximum atomic E-state index is 12.5. The molecule has 0 aromatic heterocycles. The van der Waals surface area contributed by atoms with Gasteiger partial charge in [-0.1, -0.05) is 30.3 Å². The molecule has 0 radical (unpaired) electrons. The summed E-state index contributed by atoms with van der Waals surface area (Å²) in [6, 6.07) is 9.23. The van der Waals surface area contributed by atoms with Gasteiger partial charge < -0.3 is 5.11 Å². The van der Waals surface area contributed by atoms with E-state index in [4.69, 9.17) is 5.11 Å². The topological polar surface area (TPSA) is 37.3 Å². The molecule has 0 aliphatic rings. The van der Waals surface area contributed by atoms with Crippen molar-refractivity contribution < 1.29 is 18.7 Å². The molecule has 1 aromatic rings. The van der Waals surface area contributed by atoms with Gasteiger partial charge in [-0.3, -0.25) is 4.79 Å². The normalized spacial score (nSPS) is 12.7. The largest absolute Gasteiger partial charge is 0.481 e. The quantitative estimate of drug-likeness (QED) is 0.812. The van der Waals surface area contributed by atoms with Crippen molar-refractivity contribution in [3.63, 3.8) is 0 Å². The number of aliphatic carboxylic acids is 1. The lowest BCUT2D eigenvalue weighted by Crippen LogP contribution is -2.16. The molecule has 1 aromatic carbocycles. The van der Waals surface area contributed by atoms with Crippen LogP contribution in [0, 0.1) is 5.92 Å². The molecule has 0 heterocycles. The minimum absolute atomic E-state index is 0.202. The van der Waals surface area contributed by atoms with Crippen molar-refractivity contribution in [2.24, 2.45) is 5.92 Å². The van der Waals surface area contributed by atoms with Gasteiger partial charge in [-0.25, -0.2) is 8.78 Å². The van der Waals surface area contributed by atoms with E-state index in [1.54, 1.807) is 0 Å². The van der Waals surface area contributed by atoms with Gasteiger partial charge in [0.25, 0.3) is 0 Å². The van der Waals surface area contributed by atoms with Crippen LogP contribution in [-0.2, 0) is 11.2 Å². The Bertz CT molecular complexity index is 325. The summed E-state index contributed by atoms with van der Waals surface area (Å²) >= 11 is 0. The van der Waals surface area contributed by atoms with Crippen molar-refractivity contribution in [3.8, 4) is 0 Å². The highest BCUT2D eigenvalue weighted by atomic mass is 19.3. The number of rotatable bonds is 6. The third-order valence-corrected chi connectivity index (χ3v) is 2.44. The van der Waals surface area contributed by atoms with Crippen LogP contribution in [0.3, 0.4) is 0 Å². The van der Waals surface area contributed by atoms with Crippen LogP contribution in [-0.4, -0.2) is 17.5 Å². The number of carbonyl (C=O) groups is 1. The third-order valence-electron chi connectivity index (χ3n) is 2.44. The van der Waals surface area contributed by atoms with E-state index >= 15 is 0 Å². The Labute approximate surface area is 92.9 Å². The highest BCUT2D eigenvalue weighted by Gasteiger charge is 2.22. The average molecular weight is 228 g/mol. The second-order valence-electron chi connectivity index (χ2n) is 3.72. The molecule has 0 spiro atoms. The van der Waals surface area contributed by atoms with Crippen LogP contribution in [0.4, 0.5) is 8.78 Å². The smallest absolute Gasteiger partial charge is 0.303 e. The van der Waals surface area contributed by atoms with E-state index < -0.39 is 24.7 Å². The first kappa shape index (κ1) is 12.6. The van der Waals surface area contributed by atoms with Crippen LogP contribution >= 0.6 is 0 Å². The zero-order chi connectivity index (χ0) is 12.0. The summed E-state index contributed by atoms with van der Waals surface area (Å²) in [5, 5.41) is 8.50. The maximum absolute atomic E-state index is 12.5. The first-order valence-corrected chi connectivity index (χ1v) is 5.13. The van der Waals surface area contributed by atoms with Crippen molar-refractivity contribution in [1.82, 2.24) is 0 Å². The van der Waals surface area contributed by atoms with Crippen LogP contribution in [0.25, 0.3) is 0 Å². The maximum Gasteiger partial charge on any atom is 0.303 e. The first-order valence-electron chi connectivity index (χ1n) is 5.13. The Kier molecular flexibility index (Phi) is 4.89. The molecule has 16 heavy (non-hydrogen) atoms. The van der Waals surface area contributed by atoms with Gasteiger partial charge in [-0.05, 0) is 18.4 Å². The first-order chi connectivity index (χ1) is 7.59. The number of alkyl halides is 2. The van der Waals surface area contributed by atoms with E-state index in [2.05, 4.69) is 0 Å². The van der Waals surface area contributed by atoms with E-state index in [9.17, 15) is 13.6 Å².